The molecule has 2 rings (SSSR count). The highest BCUT2D eigenvalue weighted by Gasteiger charge is 2.27. The number of anilines is 1. The van der Waals surface area contributed by atoms with Crippen LogP contribution < -0.4 is 4.90 Å². The molecular formula is C11H21N5S. The Balaban J connectivity index is 2.05. The molecule has 6 heteroatoms. The largest absolute Gasteiger partial charge is 0.338 e. The Morgan fingerprint density at radius 3 is 2.18 bits per heavy atom. The molecule has 1 aliphatic rings. The van der Waals surface area contributed by atoms with Gasteiger partial charge in [0.1, 0.15) is 0 Å². The lowest BCUT2D eigenvalue weighted by Gasteiger charge is -2.42. The minimum atomic E-state index is 0.253. The quantitative estimate of drug-likeness (QED) is 0.770. The van der Waals surface area contributed by atoms with Crippen LogP contribution in [0.2, 0.25) is 0 Å². The number of aromatic amines is 1. The van der Waals surface area contributed by atoms with E-state index < -0.39 is 0 Å². The van der Waals surface area contributed by atoms with Crippen molar-refractivity contribution in [3.05, 3.63) is 4.77 Å². The maximum Gasteiger partial charge on any atom is 0.225 e. The van der Waals surface area contributed by atoms with Gasteiger partial charge in [-0.05, 0) is 33.0 Å². The molecule has 1 aromatic rings. The highest BCUT2D eigenvalue weighted by atomic mass is 32.1. The molecule has 5 nitrogen and oxygen atoms in total. The maximum absolute atomic E-state index is 5.13. The van der Waals surface area contributed by atoms with Gasteiger partial charge >= 0.3 is 0 Å². The van der Waals surface area contributed by atoms with Gasteiger partial charge in [-0.2, -0.15) is 0 Å². The number of hydrogen-bond donors (Lipinski definition) is 1. The molecule has 96 valence electrons. The predicted octanol–water partition coefficient (Wildman–Crippen LogP) is 1.40. The third kappa shape index (κ3) is 2.52. The minimum absolute atomic E-state index is 0.253. The van der Waals surface area contributed by atoms with E-state index in [-0.39, 0.29) is 5.54 Å². The molecular weight excluding hydrogens is 234 g/mol. The van der Waals surface area contributed by atoms with E-state index in [4.69, 9.17) is 12.2 Å². The Labute approximate surface area is 107 Å². The molecule has 0 spiro atoms. The molecule has 0 saturated carbocycles. The van der Waals surface area contributed by atoms with E-state index in [9.17, 15) is 0 Å². The molecule has 1 N–H and O–H groups in total. The third-order valence-electron chi connectivity index (χ3n) is 3.37. The highest BCUT2D eigenvalue weighted by molar-refractivity contribution is 7.71. The average molecular weight is 255 g/mol. The van der Waals surface area contributed by atoms with E-state index in [1.165, 1.54) is 0 Å². The van der Waals surface area contributed by atoms with Crippen molar-refractivity contribution in [1.82, 2.24) is 19.7 Å². The first-order chi connectivity index (χ1) is 7.89. The van der Waals surface area contributed by atoms with Gasteiger partial charge in [0.05, 0.1) is 0 Å². The van der Waals surface area contributed by atoms with Crippen molar-refractivity contribution in [1.29, 1.82) is 0 Å². The number of piperazine rings is 1. The molecule has 0 bridgehead atoms. The van der Waals surface area contributed by atoms with E-state index in [1.807, 2.05) is 11.6 Å². The Kier molecular flexibility index (Phi) is 3.27. The molecule has 1 fully saturated rings. The average Bonchev–Trinajstić information content (AvgIpc) is 2.59. The molecule has 1 saturated heterocycles. The van der Waals surface area contributed by atoms with Crippen LogP contribution in [0.1, 0.15) is 20.8 Å². The SMILES string of the molecule is Cn1c(N2CCN(C(C)(C)C)CC2)n[nH]c1=S. The van der Waals surface area contributed by atoms with Gasteiger partial charge in [0.15, 0.2) is 4.77 Å². The summed E-state index contributed by atoms with van der Waals surface area (Å²) in [5.74, 6) is 0.948. The Hall–Kier alpha value is -0.880. The summed E-state index contributed by atoms with van der Waals surface area (Å²) < 4.78 is 2.61. The number of nitrogens with zero attached hydrogens (tertiary/aromatic N) is 4. The number of nitrogens with one attached hydrogen (secondary N) is 1. The number of aromatic nitrogens is 3. The smallest absolute Gasteiger partial charge is 0.225 e. The summed E-state index contributed by atoms with van der Waals surface area (Å²) in [5, 5.41) is 7.12. The van der Waals surface area contributed by atoms with Gasteiger partial charge in [-0.15, -0.1) is 5.10 Å². The lowest BCUT2D eigenvalue weighted by molar-refractivity contribution is 0.128. The minimum Gasteiger partial charge on any atom is -0.338 e. The summed E-state index contributed by atoms with van der Waals surface area (Å²) in [6, 6.07) is 0. The van der Waals surface area contributed by atoms with Crippen LogP contribution in [0.15, 0.2) is 0 Å². The Morgan fingerprint density at radius 1 is 1.18 bits per heavy atom. The van der Waals surface area contributed by atoms with Gasteiger partial charge in [0.25, 0.3) is 0 Å². The van der Waals surface area contributed by atoms with Crippen molar-refractivity contribution in [2.45, 2.75) is 26.3 Å². The second-order valence-electron chi connectivity index (χ2n) is 5.53. The molecule has 0 unspecified atom stereocenters. The Morgan fingerprint density at radius 2 is 1.76 bits per heavy atom. The van der Waals surface area contributed by atoms with E-state index in [2.05, 4.69) is 40.8 Å². The topological polar surface area (TPSA) is 40.1 Å². The fourth-order valence-corrected chi connectivity index (χ4v) is 2.33. The molecule has 0 atom stereocenters. The van der Waals surface area contributed by atoms with Crippen LogP contribution in [0, 0.1) is 4.77 Å². The molecule has 0 radical (unpaired) electrons. The van der Waals surface area contributed by atoms with Gasteiger partial charge in [-0.25, -0.2) is 5.10 Å². The fraction of sp³-hybridized carbons (Fsp3) is 0.818. The number of hydrogen-bond acceptors (Lipinski definition) is 4. The van der Waals surface area contributed by atoms with Gasteiger partial charge in [0, 0.05) is 38.8 Å². The fourth-order valence-electron chi connectivity index (χ4n) is 2.20. The van der Waals surface area contributed by atoms with E-state index >= 15 is 0 Å². The van der Waals surface area contributed by atoms with Crippen molar-refractivity contribution < 1.29 is 0 Å². The van der Waals surface area contributed by atoms with Crippen LogP contribution >= 0.6 is 12.2 Å². The monoisotopic (exact) mass is 255 g/mol. The first kappa shape index (κ1) is 12.6. The summed E-state index contributed by atoms with van der Waals surface area (Å²) in [4.78, 5) is 4.79. The molecule has 0 aliphatic carbocycles. The summed E-state index contributed by atoms with van der Waals surface area (Å²) in [7, 11) is 1.96. The van der Waals surface area contributed by atoms with Gasteiger partial charge in [-0.1, -0.05) is 0 Å². The zero-order valence-electron chi connectivity index (χ0n) is 11.0. The zero-order valence-corrected chi connectivity index (χ0v) is 11.8. The van der Waals surface area contributed by atoms with Crippen molar-refractivity contribution in [3.63, 3.8) is 0 Å². The summed E-state index contributed by atoms with van der Waals surface area (Å²) in [5.41, 5.74) is 0.253. The molecule has 1 aliphatic heterocycles. The van der Waals surface area contributed by atoms with Gasteiger partial charge < -0.3 is 4.90 Å². The molecule has 0 aromatic carbocycles. The Bertz CT molecular complexity index is 433. The lowest BCUT2D eigenvalue weighted by atomic mass is 10.1. The second-order valence-corrected chi connectivity index (χ2v) is 5.92. The summed E-state index contributed by atoms with van der Waals surface area (Å²) in [6.07, 6.45) is 0. The van der Waals surface area contributed by atoms with Crippen LogP contribution in [-0.4, -0.2) is 51.4 Å². The standard InChI is InChI=1S/C11H21N5S/c1-11(2,3)16-7-5-15(6-8-16)9-12-13-10(17)14(9)4/h5-8H2,1-4H3,(H,13,17). The third-order valence-corrected chi connectivity index (χ3v) is 3.73. The van der Waals surface area contributed by atoms with Gasteiger partial charge in [-0.3, -0.25) is 9.47 Å². The van der Waals surface area contributed by atoms with Crippen molar-refractivity contribution in [3.8, 4) is 0 Å². The molecule has 0 amide bonds. The second kappa shape index (κ2) is 4.42. The lowest BCUT2D eigenvalue weighted by Crippen LogP contribution is -2.53. The zero-order chi connectivity index (χ0) is 12.6. The maximum atomic E-state index is 5.13. The van der Waals surface area contributed by atoms with Crippen molar-refractivity contribution >= 4 is 18.2 Å². The molecule has 1 aromatic heterocycles. The van der Waals surface area contributed by atoms with Crippen LogP contribution in [0.5, 0.6) is 0 Å². The van der Waals surface area contributed by atoms with E-state index in [0.717, 1.165) is 32.1 Å². The van der Waals surface area contributed by atoms with E-state index in [0.29, 0.717) is 4.77 Å². The van der Waals surface area contributed by atoms with Crippen LogP contribution in [0.3, 0.4) is 0 Å². The first-order valence-corrected chi connectivity index (χ1v) is 6.42. The van der Waals surface area contributed by atoms with E-state index in [1.54, 1.807) is 0 Å². The van der Waals surface area contributed by atoms with Crippen LogP contribution in [-0.2, 0) is 7.05 Å². The van der Waals surface area contributed by atoms with Crippen LogP contribution in [0.25, 0.3) is 0 Å². The summed E-state index contributed by atoms with van der Waals surface area (Å²) in [6.45, 7) is 10.9. The van der Waals surface area contributed by atoms with Crippen molar-refractivity contribution in [2.75, 3.05) is 31.1 Å². The number of H-pyrrole nitrogens is 1. The number of rotatable bonds is 1. The van der Waals surface area contributed by atoms with Gasteiger partial charge in [0.2, 0.25) is 5.95 Å². The summed E-state index contributed by atoms with van der Waals surface area (Å²) >= 11 is 5.13. The van der Waals surface area contributed by atoms with Crippen molar-refractivity contribution in [2.24, 2.45) is 7.05 Å². The van der Waals surface area contributed by atoms with Crippen LogP contribution in [0.4, 0.5) is 5.95 Å². The highest BCUT2D eigenvalue weighted by Crippen LogP contribution is 2.18. The predicted molar refractivity (Wildman–Crippen MR) is 71.9 cm³/mol. The first-order valence-electron chi connectivity index (χ1n) is 6.01. The molecule has 2 heterocycles. The normalized spacial score (nSPS) is 18.7. The molecule has 17 heavy (non-hydrogen) atoms.